The molecule has 1 atom stereocenters. The normalized spacial score (nSPS) is 17.4. The number of amides is 1. The maximum absolute atomic E-state index is 12.0. The number of alkyl halides is 2. The molecule has 21 heavy (non-hydrogen) atoms. The van der Waals surface area contributed by atoms with E-state index < -0.39 is 6.61 Å². The van der Waals surface area contributed by atoms with Gasteiger partial charge in [0, 0.05) is 12.1 Å². The molecule has 1 aromatic rings. The second kappa shape index (κ2) is 8.79. The highest BCUT2D eigenvalue weighted by Crippen LogP contribution is 2.15. The fourth-order valence-electron chi connectivity index (χ4n) is 2.24. The Morgan fingerprint density at radius 3 is 2.67 bits per heavy atom. The van der Waals surface area contributed by atoms with Crippen LogP contribution in [0.15, 0.2) is 24.3 Å². The van der Waals surface area contributed by atoms with Gasteiger partial charge in [0.2, 0.25) is 0 Å². The molecule has 1 saturated heterocycles. The SMILES string of the molecule is Cl.O=C(NCCC1CCNC1)c1ccc(OC(F)F)cc1. The molecule has 0 bridgehead atoms. The Kier molecular flexibility index (Phi) is 7.39. The summed E-state index contributed by atoms with van der Waals surface area (Å²) >= 11 is 0. The van der Waals surface area contributed by atoms with E-state index in [2.05, 4.69) is 15.4 Å². The number of rotatable bonds is 6. The van der Waals surface area contributed by atoms with Crippen LogP contribution in [0.1, 0.15) is 23.2 Å². The summed E-state index contributed by atoms with van der Waals surface area (Å²) in [5.74, 6) is 0.477. The van der Waals surface area contributed by atoms with Crippen LogP contribution in [0.2, 0.25) is 0 Å². The number of hydrogen-bond donors (Lipinski definition) is 2. The van der Waals surface area contributed by atoms with Gasteiger partial charge in [-0.2, -0.15) is 8.78 Å². The van der Waals surface area contributed by atoms with Crippen LogP contribution in [0.4, 0.5) is 8.78 Å². The first kappa shape index (κ1) is 17.7. The first-order valence-electron chi connectivity index (χ1n) is 6.69. The molecule has 1 fully saturated rings. The summed E-state index contributed by atoms with van der Waals surface area (Å²) in [5, 5.41) is 6.11. The van der Waals surface area contributed by atoms with Gasteiger partial charge < -0.3 is 15.4 Å². The molecule has 1 aliphatic heterocycles. The Hall–Kier alpha value is -1.40. The van der Waals surface area contributed by atoms with E-state index in [1.807, 2.05) is 0 Å². The Bertz CT molecular complexity index is 437. The second-order valence-electron chi connectivity index (χ2n) is 4.81. The van der Waals surface area contributed by atoms with Gasteiger partial charge in [0.15, 0.2) is 0 Å². The van der Waals surface area contributed by atoms with Crippen LogP contribution in [-0.2, 0) is 0 Å². The molecule has 1 aliphatic rings. The van der Waals surface area contributed by atoms with Crippen molar-refractivity contribution >= 4 is 18.3 Å². The lowest BCUT2D eigenvalue weighted by molar-refractivity contribution is -0.0498. The van der Waals surface area contributed by atoms with E-state index >= 15 is 0 Å². The van der Waals surface area contributed by atoms with Crippen molar-refractivity contribution in [1.82, 2.24) is 10.6 Å². The molecule has 0 saturated carbocycles. The predicted octanol–water partition coefficient (Wildman–Crippen LogP) is 2.44. The first-order chi connectivity index (χ1) is 9.65. The smallest absolute Gasteiger partial charge is 0.387 e. The van der Waals surface area contributed by atoms with Crippen molar-refractivity contribution in [1.29, 1.82) is 0 Å². The standard InChI is InChI=1S/C14H18F2N2O2.ClH/c15-14(16)20-12-3-1-11(2-4-12)13(19)18-8-6-10-5-7-17-9-10;/h1-4,10,14,17H,5-9H2,(H,18,19);1H. The van der Waals surface area contributed by atoms with Crippen molar-refractivity contribution in [3.05, 3.63) is 29.8 Å². The van der Waals surface area contributed by atoms with Crippen LogP contribution in [0.25, 0.3) is 0 Å². The summed E-state index contributed by atoms with van der Waals surface area (Å²) in [5.41, 5.74) is 0.441. The van der Waals surface area contributed by atoms with Gasteiger partial charge in [0.25, 0.3) is 5.91 Å². The van der Waals surface area contributed by atoms with Gasteiger partial charge in [-0.15, -0.1) is 12.4 Å². The van der Waals surface area contributed by atoms with Crippen molar-refractivity contribution in [2.24, 2.45) is 5.92 Å². The minimum atomic E-state index is -2.85. The minimum absolute atomic E-state index is 0. The summed E-state index contributed by atoms with van der Waals surface area (Å²) in [6.45, 7) is -0.171. The number of carbonyl (C=O) groups excluding carboxylic acids is 1. The van der Waals surface area contributed by atoms with Crippen molar-refractivity contribution in [3.63, 3.8) is 0 Å². The van der Waals surface area contributed by atoms with Gasteiger partial charge in [0.1, 0.15) is 5.75 Å². The molecule has 1 aromatic carbocycles. The molecule has 4 nitrogen and oxygen atoms in total. The van der Waals surface area contributed by atoms with Crippen molar-refractivity contribution in [3.8, 4) is 5.75 Å². The molecule has 0 aromatic heterocycles. The molecule has 1 unspecified atom stereocenters. The lowest BCUT2D eigenvalue weighted by Crippen LogP contribution is -2.26. The first-order valence-corrected chi connectivity index (χ1v) is 6.69. The maximum Gasteiger partial charge on any atom is 0.387 e. The number of halogens is 3. The molecule has 118 valence electrons. The number of nitrogens with one attached hydrogen (secondary N) is 2. The van der Waals surface area contributed by atoms with Gasteiger partial charge >= 0.3 is 6.61 Å². The molecule has 1 amide bonds. The third-order valence-electron chi connectivity index (χ3n) is 3.34. The summed E-state index contributed by atoms with van der Waals surface area (Å²) in [4.78, 5) is 11.8. The van der Waals surface area contributed by atoms with Crippen LogP contribution >= 0.6 is 12.4 Å². The fraction of sp³-hybridized carbons (Fsp3) is 0.500. The fourth-order valence-corrected chi connectivity index (χ4v) is 2.24. The lowest BCUT2D eigenvalue weighted by atomic mass is 10.1. The molecule has 2 N–H and O–H groups in total. The maximum atomic E-state index is 12.0. The Balaban J connectivity index is 0.00000220. The molecular weight excluding hydrogens is 302 g/mol. The summed E-state index contributed by atoms with van der Waals surface area (Å²) in [7, 11) is 0. The van der Waals surface area contributed by atoms with E-state index in [0.29, 0.717) is 18.0 Å². The van der Waals surface area contributed by atoms with Crippen LogP contribution in [0.5, 0.6) is 5.75 Å². The highest BCUT2D eigenvalue weighted by atomic mass is 35.5. The van der Waals surface area contributed by atoms with E-state index in [0.717, 1.165) is 25.9 Å². The highest BCUT2D eigenvalue weighted by molar-refractivity contribution is 5.94. The van der Waals surface area contributed by atoms with Gasteiger partial charge in [0.05, 0.1) is 0 Å². The van der Waals surface area contributed by atoms with Crippen LogP contribution in [0, 0.1) is 5.92 Å². The van der Waals surface area contributed by atoms with Gasteiger partial charge in [-0.05, 0) is 56.1 Å². The lowest BCUT2D eigenvalue weighted by Gasteiger charge is -2.10. The predicted molar refractivity (Wildman–Crippen MR) is 78.2 cm³/mol. The average molecular weight is 321 g/mol. The Morgan fingerprint density at radius 1 is 1.38 bits per heavy atom. The molecule has 7 heteroatoms. The quantitative estimate of drug-likeness (QED) is 0.846. The molecule has 2 rings (SSSR count). The minimum Gasteiger partial charge on any atom is -0.435 e. The van der Waals surface area contributed by atoms with Crippen LogP contribution < -0.4 is 15.4 Å². The van der Waals surface area contributed by atoms with Crippen molar-refractivity contribution in [2.45, 2.75) is 19.5 Å². The monoisotopic (exact) mass is 320 g/mol. The summed E-state index contributed by atoms with van der Waals surface area (Å²) < 4.78 is 28.2. The molecule has 0 spiro atoms. The zero-order chi connectivity index (χ0) is 14.4. The zero-order valence-electron chi connectivity index (χ0n) is 11.5. The molecule has 0 aliphatic carbocycles. The van der Waals surface area contributed by atoms with E-state index in [4.69, 9.17) is 0 Å². The van der Waals surface area contributed by atoms with Crippen molar-refractivity contribution < 1.29 is 18.3 Å². The van der Waals surface area contributed by atoms with Gasteiger partial charge in [-0.25, -0.2) is 0 Å². The van der Waals surface area contributed by atoms with Crippen molar-refractivity contribution in [2.75, 3.05) is 19.6 Å². The summed E-state index contributed by atoms with van der Waals surface area (Å²) in [6.07, 6.45) is 2.10. The number of carbonyl (C=O) groups is 1. The van der Waals surface area contributed by atoms with Crippen LogP contribution in [-0.4, -0.2) is 32.2 Å². The number of benzene rings is 1. The van der Waals surface area contributed by atoms with E-state index in [1.54, 1.807) is 0 Å². The Morgan fingerprint density at radius 2 is 2.10 bits per heavy atom. The third-order valence-corrected chi connectivity index (χ3v) is 3.34. The van der Waals surface area contributed by atoms with Gasteiger partial charge in [-0.1, -0.05) is 0 Å². The Labute approximate surface area is 128 Å². The molecular formula is C14H19ClF2N2O2. The molecule has 0 radical (unpaired) electrons. The number of ether oxygens (including phenoxy) is 1. The average Bonchev–Trinajstić information content (AvgIpc) is 2.92. The van der Waals surface area contributed by atoms with E-state index in [9.17, 15) is 13.6 Å². The van der Waals surface area contributed by atoms with Gasteiger partial charge in [-0.3, -0.25) is 4.79 Å². The molecule has 1 heterocycles. The second-order valence-corrected chi connectivity index (χ2v) is 4.81. The van der Waals surface area contributed by atoms with E-state index in [1.165, 1.54) is 24.3 Å². The summed E-state index contributed by atoms with van der Waals surface area (Å²) in [6, 6.07) is 5.68. The third kappa shape index (κ3) is 5.85. The highest BCUT2D eigenvalue weighted by Gasteiger charge is 2.14. The zero-order valence-corrected chi connectivity index (χ0v) is 12.3. The largest absolute Gasteiger partial charge is 0.435 e. The van der Waals surface area contributed by atoms with E-state index in [-0.39, 0.29) is 24.1 Å². The van der Waals surface area contributed by atoms with Crippen LogP contribution in [0.3, 0.4) is 0 Å². The number of hydrogen-bond acceptors (Lipinski definition) is 3. The topological polar surface area (TPSA) is 50.4 Å².